The lowest BCUT2D eigenvalue weighted by Crippen LogP contribution is -2.45. The molecule has 29 heavy (non-hydrogen) atoms. The number of imide groups is 1. The van der Waals surface area contributed by atoms with E-state index in [1.807, 2.05) is 6.92 Å². The quantitative estimate of drug-likeness (QED) is 0.404. The maximum absolute atomic E-state index is 12.6. The van der Waals surface area contributed by atoms with E-state index in [2.05, 4.69) is 5.32 Å². The summed E-state index contributed by atoms with van der Waals surface area (Å²) in [6.45, 7) is 4.51. The molecule has 0 spiro atoms. The molecule has 4 amide bonds. The molecule has 164 valence electrons. The van der Waals surface area contributed by atoms with Gasteiger partial charge in [0.05, 0.1) is 11.5 Å². The fourth-order valence-electron chi connectivity index (χ4n) is 3.39. The summed E-state index contributed by atoms with van der Waals surface area (Å²) in [5.41, 5.74) is -1.06. The molecule has 0 radical (unpaired) electrons. The van der Waals surface area contributed by atoms with Crippen LogP contribution < -0.4 is 5.32 Å². The second-order valence-corrected chi connectivity index (χ2v) is 9.89. The van der Waals surface area contributed by atoms with Crippen molar-refractivity contribution in [2.24, 2.45) is 0 Å². The van der Waals surface area contributed by atoms with Crippen LogP contribution in [0.1, 0.15) is 46.5 Å². The van der Waals surface area contributed by atoms with Crippen LogP contribution in [0.25, 0.3) is 0 Å². The van der Waals surface area contributed by atoms with Gasteiger partial charge in [0, 0.05) is 12.6 Å². The van der Waals surface area contributed by atoms with Crippen LogP contribution in [0.5, 0.6) is 0 Å². The Bertz CT molecular complexity index is 782. The summed E-state index contributed by atoms with van der Waals surface area (Å²) >= 11 is 0. The van der Waals surface area contributed by atoms with E-state index in [1.165, 1.54) is 4.90 Å². The first kappa shape index (κ1) is 23.1. The van der Waals surface area contributed by atoms with E-state index in [9.17, 15) is 27.6 Å². The number of ether oxygens (including phenoxy) is 1. The molecular weight excluding hydrogens is 402 g/mol. The van der Waals surface area contributed by atoms with Gasteiger partial charge in [-0.1, -0.05) is 20.3 Å². The molecule has 2 fully saturated rings. The molecule has 2 aliphatic heterocycles. The fourth-order valence-corrected chi connectivity index (χ4v) is 5.12. The summed E-state index contributed by atoms with van der Waals surface area (Å²) in [5, 5.41) is 2.53. The predicted molar refractivity (Wildman–Crippen MR) is 104 cm³/mol. The van der Waals surface area contributed by atoms with Crippen LogP contribution >= 0.6 is 0 Å². The van der Waals surface area contributed by atoms with Crippen molar-refractivity contribution in [3.63, 3.8) is 0 Å². The molecule has 1 N–H and O–H groups in total. The van der Waals surface area contributed by atoms with Gasteiger partial charge in [-0.2, -0.15) is 0 Å². The highest BCUT2D eigenvalue weighted by Gasteiger charge is 2.47. The van der Waals surface area contributed by atoms with Crippen molar-refractivity contribution >= 4 is 33.7 Å². The lowest BCUT2D eigenvalue weighted by Gasteiger charge is -2.28. The van der Waals surface area contributed by atoms with Crippen molar-refractivity contribution in [1.29, 1.82) is 0 Å². The summed E-state index contributed by atoms with van der Waals surface area (Å²) in [6, 6.07) is -1.10. The number of unbranched alkanes of at least 4 members (excludes halogenated alkanes) is 1. The van der Waals surface area contributed by atoms with Crippen molar-refractivity contribution in [3.05, 3.63) is 0 Å². The van der Waals surface area contributed by atoms with E-state index in [0.29, 0.717) is 25.8 Å². The average Bonchev–Trinajstić information content (AvgIpc) is 3.12. The topological polar surface area (TPSA) is 130 Å². The Labute approximate surface area is 170 Å². The number of hydrogen-bond acceptors (Lipinski definition) is 7. The van der Waals surface area contributed by atoms with Gasteiger partial charge in [-0.15, -0.1) is 0 Å². The number of amides is 4. The van der Waals surface area contributed by atoms with Crippen LogP contribution in [-0.2, 0) is 29.0 Å². The first-order valence-corrected chi connectivity index (χ1v) is 11.6. The molecule has 2 unspecified atom stereocenters. The van der Waals surface area contributed by atoms with E-state index in [1.54, 1.807) is 13.8 Å². The number of rotatable bonds is 9. The van der Waals surface area contributed by atoms with Gasteiger partial charge in [-0.25, -0.2) is 13.2 Å². The molecule has 2 rings (SSSR count). The maximum atomic E-state index is 12.6. The highest BCUT2D eigenvalue weighted by atomic mass is 32.2. The largest absolute Gasteiger partial charge is 0.454 e. The Morgan fingerprint density at radius 1 is 1.31 bits per heavy atom. The monoisotopic (exact) mass is 431 g/mol. The van der Waals surface area contributed by atoms with Crippen molar-refractivity contribution in [1.82, 2.24) is 15.1 Å². The molecule has 2 atom stereocenters. The molecule has 2 heterocycles. The molecule has 0 aromatic rings. The molecule has 0 bridgehead atoms. The van der Waals surface area contributed by atoms with Crippen LogP contribution in [0.15, 0.2) is 0 Å². The Balaban J connectivity index is 1.92. The van der Waals surface area contributed by atoms with E-state index in [-0.39, 0.29) is 11.5 Å². The molecule has 0 aliphatic carbocycles. The zero-order valence-electron chi connectivity index (χ0n) is 17.1. The zero-order valence-corrected chi connectivity index (χ0v) is 17.9. The third-order valence-electron chi connectivity index (χ3n) is 5.42. The van der Waals surface area contributed by atoms with Gasteiger partial charge in [0.2, 0.25) is 0 Å². The van der Waals surface area contributed by atoms with Gasteiger partial charge >= 0.3 is 12.0 Å². The minimum atomic E-state index is -3.16. The average molecular weight is 432 g/mol. The zero-order chi connectivity index (χ0) is 21.8. The number of hydrogen-bond donors (Lipinski definition) is 1. The molecule has 2 aliphatic rings. The Morgan fingerprint density at radius 3 is 2.52 bits per heavy atom. The maximum Gasteiger partial charge on any atom is 0.326 e. The summed E-state index contributed by atoms with van der Waals surface area (Å²) in [6.07, 6.45) is 2.27. The first-order valence-electron chi connectivity index (χ1n) is 9.82. The second-order valence-electron chi connectivity index (χ2n) is 7.67. The summed E-state index contributed by atoms with van der Waals surface area (Å²) in [7, 11) is -3.16. The van der Waals surface area contributed by atoms with Crippen LogP contribution in [0.4, 0.5) is 4.79 Å². The summed E-state index contributed by atoms with van der Waals surface area (Å²) in [5.74, 6) is -1.93. The smallest absolute Gasteiger partial charge is 0.326 e. The lowest BCUT2D eigenvalue weighted by atomic mass is 9.99. The van der Waals surface area contributed by atoms with Gasteiger partial charge in [0.25, 0.3) is 11.8 Å². The van der Waals surface area contributed by atoms with Crippen molar-refractivity contribution in [3.8, 4) is 0 Å². The van der Waals surface area contributed by atoms with E-state index in [4.69, 9.17) is 4.74 Å². The fraction of sp³-hybridized carbons (Fsp3) is 0.778. The molecule has 0 aromatic carbocycles. The highest BCUT2D eigenvalue weighted by molar-refractivity contribution is 7.91. The van der Waals surface area contributed by atoms with Crippen molar-refractivity contribution in [2.45, 2.75) is 58.0 Å². The third kappa shape index (κ3) is 5.46. The molecule has 11 heteroatoms. The molecule has 0 saturated carbocycles. The number of sulfone groups is 1. The number of nitrogens with one attached hydrogen (secondary N) is 1. The van der Waals surface area contributed by atoms with Gasteiger partial charge in [-0.3, -0.25) is 19.3 Å². The van der Waals surface area contributed by atoms with Crippen molar-refractivity contribution in [2.75, 3.05) is 31.2 Å². The van der Waals surface area contributed by atoms with Crippen molar-refractivity contribution < 1.29 is 32.3 Å². The minimum Gasteiger partial charge on any atom is -0.454 e. The van der Waals surface area contributed by atoms with Gasteiger partial charge in [-0.05, 0) is 26.2 Å². The number of carbonyl (C=O) groups is 4. The number of urea groups is 1. The van der Waals surface area contributed by atoms with Gasteiger partial charge in [0.15, 0.2) is 16.4 Å². The van der Waals surface area contributed by atoms with Crippen LogP contribution in [0.2, 0.25) is 0 Å². The van der Waals surface area contributed by atoms with Crippen LogP contribution in [-0.4, -0.2) is 84.8 Å². The predicted octanol–water partition coefficient (Wildman–Crippen LogP) is 0.0659. The third-order valence-corrected chi connectivity index (χ3v) is 7.17. The SMILES string of the molecule is CCCCN(C(=O)COC(=O)CN1C(=O)NC(C)(CC)C1=O)C1CCS(=O)(=O)C1. The minimum absolute atomic E-state index is 0.0374. The molecule has 10 nitrogen and oxygen atoms in total. The van der Waals surface area contributed by atoms with E-state index < -0.39 is 58.4 Å². The molecular formula is C18H29N3O7S. The highest BCUT2D eigenvalue weighted by Crippen LogP contribution is 2.21. The summed E-state index contributed by atoms with van der Waals surface area (Å²) < 4.78 is 28.5. The lowest BCUT2D eigenvalue weighted by molar-refractivity contribution is -0.154. The molecule has 2 saturated heterocycles. The Kier molecular flexibility index (Phi) is 7.25. The molecule has 0 aromatic heterocycles. The summed E-state index contributed by atoms with van der Waals surface area (Å²) in [4.78, 5) is 51.1. The van der Waals surface area contributed by atoms with E-state index in [0.717, 1.165) is 11.3 Å². The van der Waals surface area contributed by atoms with E-state index >= 15 is 0 Å². The van der Waals surface area contributed by atoms with Gasteiger partial charge < -0.3 is 15.0 Å². The normalized spacial score (nSPS) is 25.8. The second kappa shape index (κ2) is 9.10. The first-order chi connectivity index (χ1) is 13.5. The number of nitrogens with zero attached hydrogens (tertiary/aromatic N) is 2. The van der Waals surface area contributed by atoms with Gasteiger partial charge in [0.1, 0.15) is 12.1 Å². The Morgan fingerprint density at radius 2 is 2.00 bits per heavy atom. The van der Waals surface area contributed by atoms with Crippen LogP contribution in [0, 0.1) is 0 Å². The number of carbonyl (C=O) groups excluding carboxylic acids is 4. The Hall–Kier alpha value is -2.17. The van der Waals surface area contributed by atoms with Crippen LogP contribution in [0.3, 0.4) is 0 Å². The number of esters is 1. The standard InChI is InChI=1S/C18H29N3O7S/c1-4-6-8-20(13-7-9-29(26,27)12-13)14(22)11-28-15(23)10-21-16(24)18(3,5-2)19-17(21)25/h13H,4-12H2,1-3H3,(H,19,25).